The maximum atomic E-state index is 12.6. The van der Waals surface area contributed by atoms with Gasteiger partial charge < -0.3 is 8.85 Å². The molecule has 0 atom stereocenters. The lowest BCUT2D eigenvalue weighted by Crippen LogP contribution is -2.23. The highest BCUT2D eigenvalue weighted by molar-refractivity contribution is 6.44. The smallest absolute Gasteiger partial charge is 0.394 e. The van der Waals surface area contributed by atoms with Crippen molar-refractivity contribution >= 4 is 9.28 Å². The SMILES string of the molecule is CCO[Si](CCc1cccc(C(F)(F)F)c1)OCC. The highest BCUT2D eigenvalue weighted by Gasteiger charge is 2.30. The first-order valence-corrected chi connectivity index (χ1v) is 7.77. The van der Waals surface area contributed by atoms with Crippen molar-refractivity contribution < 1.29 is 22.0 Å². The van der Waals surface area contributed by atoms with Gasteiger partial charge in [0, 0.05) is 13.2 Å². The van der Waals surface area contributed by atoms with Crippen LogP contribution in [0.1, 0.15) is 25.0 Å². The van der Waals surface area contributed by atoms with Crippen LogP contribution in [0, 0.1) is 0 Å². The fourth-order valence-electron chi connectivity index (χ4n) is 1.66. The Bertz CT molecular complexity index is 376. The molecule has 1 aromatic carbocycles. The maximum Gasteiger partial charge on any atom is 0.416 e. The van der Waals surface area contributed by atoms with Crippen molar-refractivity contribution in [3.63, 3.8) is 0 Å². The Hall–Kier alpha value is -0.853. The average Bonchev–Trinajstić information content (AvgIpc) is 2.36. The molecule has 0 unspecified atom stereocenters. The molecular formula is C13H18F3O2Si. The molecular weight excluding hydrogens is 273 g/mol. The Kier molecular flexibility index (Phi) is 6.54. The van der Waals surface area contributed by atoms with Gasteiger partial charge in [-0.05, 0) is 37.9 Å². The molecule has 107 valence electrons. The fourth-order valence-corrected chi connectivity index (χ4v) is 3.17. The first-order valence-electron chi connectivity index (χ1n) is 6.25. The van der Waals surface area contributed by atoms with E-state index in [4.69, 9.17) is 8.85 Å². The molecule has 0 N–H and O–H groups in total. The van der Waals surface area contributed by atoms with Gasteiger partial charge in [-0.15, -0.1) is 0 Å². The summed E-state index contributed by atoms with van der Waals surface area (Å²) < 4.78 is 48.6. The van der Waals surface area contributed by atoms with Gasteiger partial charge in [0.25, 0.3) is 0 Å². The quantitative estimate of drug-likeness (QED) is 0.711. The van der Waals surface area contributed by atoms with Crippen molar-refractivity contribution in [2.75, 3.05) is 13.2 Å². The van der Waals surface area contributed by atoms with Crippen molar-refractivity contribution in [2.24, 2.45) is 0 Å². The van der Waals surface area contributed by atoms with E-state index < -0.39 is 21.0 Å². The Labute approximate surface area is 113 Å². The predicted octanol–water partition coefficient (Wildman–Crippen LogP) is 3.81. The van der Waals surface area contributed by atoms with Gasteiger partial charge in [0.15, 0.2) is 0 Å². The number of hydrogen-bond donors (Lipinski definition) is 0. The zero-order valence-corrected chi connectivity index (χ0v) is 12.1. The minimum absolute atomic E-state index is 0.540. The molecule has 0 aliphatic carbocycles. The van der Waals surface area contributed by atoms with Crippen LogP contribution in [0.2, 0.25) is 6.04 Å². The molecule has 6 heteroatoms. The number of rotatable bonds is 7. The zero-order chi connectivity index (χ0) is 14.3. The molecule has 2 nitrogen and oxygen atoms in total. The van der Waals surface area contributed by atoms with Crippen LogP contribution in [0.4, 0.5) is 13.2 Å². The maximum absolute atomic E-state index is 12.6. The van der Waals surface area contributed by atoms with E-state index in [0.717, 1.165) is 6.07 Å². The van der Waals surface area contributed by atoms with E-state index in [1.807, 2.05) is 13.8 Å². The molecule has 0 saturated heterocycles. The molecule has 1 rings (SSSR count). The van der Waals surface area contributed by atoms with Crippen molar-refractivity contribution in [1.82, 2.24) is 0 Å². The summed E-state index contributed by atoms with van der Waals surface area (Å²) in [4.78, 5) is 0. The second-order valence-corrected chi connectivity index (χ2v) is 5.76. The van der Waals surface area contributed by atoms with Crippen LogP contribution >= 0.6 is 0 Å². The molecule has 0 heterocycles. The Morgan fingerprint density at radius 1 is 1.11 bits per heavy atom. The minimum atomic E-state index is -4.29. The molecule has 0 aromatic heterocycles. The number of hydrogen-bond acceptors (Lipinski definition) is 2. The summed E-state index contributed by atoms with van der Waals surface area (Å²) >= 11 is 0. The number of aryl methyl sites for hydroxylation is 1. The molecule has 0 aliphatic rings. The third kappa shape index (κ3) is 5.75. The van der Waals surface area contributed by atoms with Crippen LogP contribution in [0.15, 0.2) is 24.3 Å². The highest BCUT2D eigenvalue weighted by atomic mass is 28.3. The molecule has 0 saturated carbocycles. The second-order valence-electron chi connectivity index (χ2n) is 3.94. The Balaban J connectivity index is 2.61. The molecule has 1 radical (unpaired) electrons. The van der Waals surface area contributed by atoms with Crippen LogP contribution in [-0.2, 0) is 21.4 Å². The van der Waals surface area contributed by atoms with Crippen LogP contribution in [0.3, 0.4) is 0 Å². The molecule has 19 heavy (non-hydrogen) atoms. The summed E-state index contributed by atoms with van der Waals surface area (Å²) in [5, 5.41) is 0. The van der Waals surface area contributed by atoms with Gasteiger partial charge in [-0.2, -0.15) is 13.2 Å². The highest BCUT2D eigenvalue weighted by Crippen LogP contribution is 2.29. The largest absolute Gasteiger partial charge is 0.416 e. The van der Waals surface area contributed by atoms with Crippen LogP contribution < -0.4 is 0 Å². The van der Waals surface area contributed by atoms with E-state index in [9.17, 15) is 13.2 Å². The van der Waals surface area contributed by atoms with Crippen molar-refractivity contribution in [1.29, 1.82) is 0 Å². The van der Waals surface area contributed by atoms with Gasteiger partial charge in [0.2, 0.25) is 0 Å². The predicted molar refractivity (Wildman–Crippen MR) is 69.0 cm³/mol. The van der Waals surface area contributed by atoms with E-state index in [1.165, 1.54) is 12.1 Å². The van der Waals surface area contributed by atoms with E-state index in [2.05, 4.69) is 0 Å². The third-order valence-corrected chi connectivity index (χ3v) is 4.36. The first-order chi connectivity index (χ1) is 8.97. The number of alkyl halides is 3. The van der Waals surface area contributed by atoms with Gasteiger partial charge in [-0.1, -0.05) is 18.2 Å². The third-order valence-electron chi connectivity index (χ3n) is 2.48. The molecule has 0 bridgehead atoms. The van der Waals surface area contributed by atoms with Crippen molar-refractivity contribution in [2.45, 2.75) is 32.5 Å². The zero-order valence-electron chi connectivity index (χ0n) is 11.1. The van der Waals surface area contributed by atoms with Gasteiger partial charge >= 0.3 is 15.5 Å². The van der Waals surface area contributed by atoms with Crippen molar-refractivity contribution in [3.8, 4) is 0 Å². The van der Waals surface area contributed by atoms with Crippen LogP contribution in [0.25, 0.3) is 0 Å². The minimum Gasteiger partial charge on any atom is -0.394 e. The lowest BCUT2D eigenvalue weighted by molar-refractivity contribution is -0.137. The van der Waals surface area contributed by atoms with Crippen LogP contribution in [0.5, 0.6) is 0 Å². The number of halogens is 3. The Morgan fingerprint density at radius 3 is 2.26 bits per heavy atom. The molecule has 0 fully saturated rings. The number of benzene rings is 1. The normalized spacial score (nSPS) is 12.1. The van der Waals surface area contributed by atoms with Gasteiger partial charge in [-0.3, -0.25) is 0 Å². The molecule has 0 spiro atoms. The fraction of sp³-hybridized carbons (Fsp3) is 0.538. The monoisotopic (exact) mass is 291 g/mol. The molecule has 0 aliphatic heterocycles. The summed E-state index contributed by atoms with van der Waals surface area (Å²) in [6.45, 7) is 4.90. The van der Waals surface area contributed by atoms with E-state index >= 15 is 0 Å². The van der Waals surface area contributed by atoms with E-state index in [-0.39, 0.29) is 0 Å². The topological polar surface area (TPSA) is 18.5 Å². The summed E-state index contributed by atoms with van der Waals surface area (Å²) in [5.41, 5.74) is 0.0586. The lowest BCUT2D eigenvalue weighted by Gasteiger charge is -2.13. The van der Waals surface area contributed by atoms with E-state index in [1.54, 1.807) is 6.07 Å². The summed E-state index contributed by atoms with van der Waals surface area (Å²) in [6.07, 6.45) is -3.75. The molecule has 1 aromatic rings. The first kappa shape index (κ1) is 16.2. The summed E-state index contributed by atoms with van der Waals surface area (Å²) in [6, 6.07) is 6.06. The van der Waals surface area contributed by atoms with Gasteiger partial charge in [0.1, 0.15) is 0 Å². The Morgan fingerprint density at radius 2 is 1.74 bits per heavy atom. The standard InChI is InChI=1S/C13H18F3O2Si/c1-3-17-19(18-4-2)9-8-11-6-5-7-12(10-11)13(14,15)16/h5-7,10H,3-4,8-9H2,1-2H3. The average molecular weight is 291 g/mol. The summed E-state index contributed by atoms with van der Waals surface area (Å²) in [7, 11) is -1.37. The van der Waals surface area contributed by atoms with Gasteiger partial charge in [0.05, 0.1) is 5.56 Å². The lowest BCUT2D eigenvalue weighted by atomic mass is 10.1. The van der Waals surface area contributed by atoms with E-state index in [0.29, 0.717) is 31.2 Å². The van der Waals surface area contributed by atoms with Crippen LogP contribution in [-0.4, -0.2) is 22.5 Å². The molecule has 0 amide bonds. The van der Waals surface area contributed by atoms with Gasteiger partial charge in [-0.25, -0.2) is 0 Å². The van der Waals surface area contributed by atoms with Crippen molar-refractivity contribution in [3.05, 3.63) is 35.4 Å². The summed E-state index contributed by atoms with van der Waals surface area (Å²) in [5.74, 6) is 0. The second kappa shape index (κ2) is 7.67.